The molecular formula is C17H17N3O3S2. The van der Waals surface area contributed by atoms with Crippen LogP contribution in [0.1, 0.15) is 11.1 Å². The number of hydrogen-bond acceptors (Lipinski definition) is 6. The molecule has 1 fully saturated rings. The lowest BCUT2D eigenvalue weighted by molar-refractivity contribution is -0.0297. The summed E-state index contributed by atoms with van der Waals surface area (Å²) in [7, 11) is -3.57. The molecule has 130 valence electrons. The highest BCUT2D eigenvalue weighted by Gasteiger charge is 2.38. The van der Waals surface area contributed by atoms with E-state index in [2.05, 4.69) is 8.75 Å². The van der Waals surface area contributed by atoms with Crippen molar-refractivity contribution in [1.82, 2.24) is 13.1 Å². The molecule has 0 aliphatic carbocycles. The molecule has 4 rings (SSSR count). The Labute approximate surface area is 150 Å². The Morgan fingerprint density at radius 3 is 2.76 bits per heavy atom. The zero-order valence-electron chi connectivity index (χ0n) is 13.6. The Kier molecular flexibility index (Phi) is 4.28. The van der Waals surface area contributed by atoms with Gasteiger partial charge in [0.05, 0.1) is 24.4 Å². The fourth-order valence-corrected chi connectivity index (χ4v) is 5.07. The minimum atomic E-state index is -3.57. The molecule has 1 saturated heterocycles. The average molecular weight is 375 g/mol. The zero-order chi connectivity index (χ0) is 17.4. The first-order valence-corrected chi connectivity index (χ1v) is 10.1. The van der Waals surface area contributed by atoms with E-state index in [4.69, 9.17) is 4.74 Å². The number of ether oxygens (including phenoxy) is 1. The number of fused-ring (bicyclic) bond motifs is 1. The lowest BCUT2D eigenvalue weighted by Crippen LogP contribution is -2.54. The summed E-state index contributed by atoms with van der Waals surface area (Å²) in [5.41, 5.74) is 3.35. The number of hydrogen-bond donors (Lipinski definition) is 0. The predicted octanol–water partition coefficient (Wildman–Crippen LogP) is 2.59. The SMILES string of the molecule is Cc1ccccc1COC1CN(S(=O)(=O)c2cccc3nsnc23)C1. The molecule has 3 aromatic rings. The molecule has 0 bridgehead atoms. The Balaban J connectivity index is 1.43. The van der Waals surface area contributed by atoms with Gasteiger partial charge >= 0.3 is 0 Å². The van der Waals surface area contributed by atoms with Crippen molar-refractivity contribution in [3.63, 3.8) is 0 Å². The van der Waals surface area contributed by atoms with Gasteiger partial charge in [0.15, 0.2) is 0 Å². The van der Waals surface area contributed by atoms with E-state index in [9.17, 15) is 8.42 Å². The van der Waals surface area contributed by atoms with Crippen LogP contribution in [-0.4, -0.2) is 40.7 Å². The van der Waals surface area contributed by atoms with Crippen molar-refractivity contribution in [3.05, 3.63) is 53.6 Å². The van der Waals surface area contributed by atoms with E-state index in [-0.39, 0.29) is 11.0 Å². The molecule has 0 N–H and O–H groups in total. The van der Waals surface area contributed by atoms with Crippen molar-refractivity contribution in [2.45, 2.75) is 24.5 Å². The van der Waals surface area contributed by atoms with Crippen LogP contribution < -0.4 is 0 Å². The van der Waals surface area contributed by atoms with Gasteiger partial charge in [-0.1, -0.05) is 30.3 Å². The van der Waals surface area contributed by atoms with Crippen LogP contribution in [0.2, 0.25) is 0 Å². The second-order valence-electron chi connectivity index (χ2n) is 6.07. The van der Waals surface area contributed by atoms with E-state index in [1.807, 2.05) is 31.2 Å². The Morgan fingerprint density at radius 2 is 1.96 bits per heavy atom. The van der Waals surface area contributed by atoms with Crippen molar-refractivity contribution in [1.29, 1.82) is 0 Å². The lowest BCUT2D eigenvalue weighted by atomic mass is 10.1. The first-order valence-electron chi connectivity index (χ1n) is 7.93. The molecule has 6 nitrogen and oxygen atoms in total. The molecule has 1 aliphatic rings. The van der Waals surface area contributed by atoms with Gasteiger partial charge < -0.3 is 4.74 Å². The van der Waals surface area contributed by atoms with E-state index in [0.29, 0.717) is 30.7 Å². The smallest absolute Gasteiger partial charge is 0.245 e. The van der Waals surface area contributed by atoms with Crippen molar-refractivity contribution in [3.8, 4) is 0 Å². The molecule has 0 amide bonds. The van der Waals surface area contributed by atoms with Crippen LogP contribution >= 0.6 is 11.7 Å². The third-order valence-electron chi connectivity index (χ3n) is 4.42. The van der Waals surface area contributed by atoms with Crippen LogP contribution in [-0.2, 0) is 21.4 Å². The normalized spacial score (nSPS) is 16.2. The van der Waals surface area contributed by atoms with Crippen LogP contribution in [0.5, 0.6) is 0 Å². The summed E-state index contributed by atoms with van der Waals surface area (Å²) in [5.74, 6) is 0. The van der Waals surface area contributed by atoms with Gasteiger partial charge in [-0.05, 0) is 30.2 Å². The summed E-state index contributed by atoms with van der Waals surface area (Å²) >= 11 is 1.02. The molecule has 8 heteroatoms. The number of aryl methyl sites for hydroxylation is 1. The monoisotopic (exact) mass is 375 g/mol. The largest absolute Gasteiger partial charge is 0.371 e. The number of nitrogens with zero attached hydrogens (tertiary/aromatic N) is 3. The predicted molar refractivity (Wildman–Crippen MR) is 95.9 cm³/mol. The van der Waals surface area contributed by atoms with Crippen LogP contribution in [0.3, 0.4) is 0 Å². The summed E-state index contributed by atoms with van der Waals surface area (Å²) in [4.78, 5) is 0.219. The molecule has 0 spiro atoms. The third kappa shape index (κ3) is 3.06. The van der Waals surface area contributed by atoms with Crippen LogP contribution in [0.25, 0.3) is 11.0 Å². The van der Waals surface area contributed by atoms with Crippen LogP contribution in [0.4, 0.5) is 0 Å². The molecule has 0 unspecified atom stereocenters. The van der Waals surface area contributed by atoms with Gasteiger partial charge in [-0.2, -0.15) is 13.1 Å². The lowest BCUT2D eigenvalue weighted by Gasteiger charge is -2.37. The van der Waals surface area contributed by atoms with E-state index in [0.717, 1.165) is 17.3 Å². The molecular weight excluding hydrogens is 358 g/mol. The van der Waals surface area contributed by atoms with Crippen molar-refractivity contribution in [2.75, 3.05) is 13.1 Å². The first-order chi connectivity index (χ1) is 12.1. The highest BCUT2D eigenvalue weighted by molar-refractivity contribution is 7.89. The molecule has 2 aromatic carbocycles. The highest BCUT2D eigenvalue weighted by atomic mass is 32.2. The Morgan fingerprint density at radius 1 is 1.16 bits per heavy atom. The quantitative estimate of drug-likeness (QED) is 0.685. The van der Waals surface area contributed by atoms with Crippen molar-refractivity contribution in [2.24, 2.45) is 0 Å². The van der Waals surface area contributed by atoms with Crippen molar-refractivity contribution < 1.29 is 13.2 Å². The minimum Gasteiger partial charge on any atom is -0.371 e. The number of sulfonamides is 1. The summed E-state index contributed by atoms with van der Waals surface area (Å²) in [6.07, 6.45) is -0.0813. The summed E-state index contributed by atoms with van der Waals surface area (Å²) in [5, 5.41) is 0. The average Bonchev–Trinajstić information content (AvgIpc) is 3.03. The van der Waals surface area contributed by atoms with Gasteiger partial charge in [0.2, 0.25) is 10.0 Å². The van der Waals surface area contributed by atoms with E-state index in [1.54, 1.807) is 18.2 Å². The second kappa shape index (κ2) is 6.45. The number of aromatic nitrogens is 2. The zero-order valence-corrected chi connectivity index (χ0v) is 15.3. The fourth-order valence-electron chi connectivity index (χ4n) is 2.81. The second-order valence-corrected chi connectivity index (χ2v) is 8.50. The summed E-state index contributed by atoms with van der Waals surface area (Å²) in [6, 6.07) is 13.1. The maximum absolute atomic E-state index is 12.8. The van der Waals surface area contributed by atoms with E-state index < -0.39 is 10.0 Å². The molecule has 0 saturated carbocycles. The standard InChI is InChI=1S/C17H17N3O3S2/c1-12-5-2-3-6-13(12)11-23-14-9-20(10-14)25(21,22)16-8-4-7-15-17(16)19-24-18-15/h2-8,14H,9-11H2,1H3. The molecule has 25 heavy (non-hydrogen) atoms. The maximum atomic E-state index is 12.8. The van der Waals surface area contributed by atoms with Crippen LogP contribution in [0.15, 0.2) is 47.4 Å². The van der Waals surface area contributed by atoms with Gasteiger partial charge in [0, 0.05) is 13.1 Å². The summed E-state index contributed by atoms with van der Waals surface area (Å²) in [6.45, 7) is 3.26. The Hall–Kier alpha value is -1.87. The third-order valence-corrected chi connectivity index (χ3v) is 6.82. The van der Waals surface area contributed by atoms with Gasteiger partial charge in [-0.25, -0.2) is 8.42 Å². The van der Waals surface area contributed by atoms with Gasteiger partial charge in [0.25, 0.3) is 0 Å². The van der Waals surface area contributed by atoms with Gasteiger partial charge in [-0.3, -0.25) is 0 Å². The fraction of sp³-hybridized carbons (Fsp3) is 0.294. The first kappa shape index (κ1) is 16.6. The molecule has 1 aliphatic heterocycles. The van der Waals surface area contributed by atoms with E-state index >= 15 is 0 Å². The van der Waals surface area contributed by atoms with E-state index in [1.165, 1.54) is 9.87 Å². The summed E-state index contributed by atoms with van der Waals surface area (Å²) < 4.78 is 41.1. The minimum absolute atomic E-state index is 0.0813. The molecule has 2 heterocycles. The topological polar surface area (TPSA) is 72.4 Å². The van der Waals surface area contributed by atoms with Crippen LogP contribution in [0, 0.1) is 6.92 Å². The molecule has 1 aromatic heterocycles. The molecule has 0 atom stereocenters. The molecule has 0 radical (unpaired) electrons. The van der Waals surface area contributed by atoms with Crippen molar-refractivity contribution >= 4 is 32.8 Å². The van der Waals surface area contributed by atoms with Gasteiger partial charge in [0.1, 0.15) is 15.9 Å². The highest BCUT2D eigenvalue weighted by Crippen LogP contribution is 2.28. The maximum Gasteiger partial charge on any atom is 0.245 e. The van der Waals surface area contributed by atoms with Gasteiger partial charge in [-0.15, -0.1) is 0 Å². The number of rotatable bonds is 5. The Bertz CT molecular complexity index is 1010. The number of benzene rings is 2.